The highest BCUT2D eigenvalue weighted by atomic mass is 32.1. The number of thiocarbonyl (C=S) groups is 1. The minimum atomic E-state index is -0.0707. The lowest BCUT2D eigenvalue weighted by molar-refractivity contribution is -0.115. The Bertz CT molecular complexity index is 638. The zero-order valence-electron chi connectivity index (χ0n) is 11.1. The van der Waals surface area contributed by atoms with Crippen molar-refractivity contribution in [2.24, 2.45) is 5.73 Å². The van der Waals surface area contributed by atoms with Crippen molar-refractivity contribution in [1.82, 2.24) is 4.98 Å². The molecule has 0 aliphatic carbocycles. The van der Waals surface area contributed by atoms with E-state index < -0.39 is 0 Å². The van der Waals surface area contributed by atoms with Crippen LogP contribution >= 0.6 is 12.2 Å². The van der Waals surface area contributed by atoms with Gasteiger partial charge in [-0.2, -0.15) is 0 Å². The first kappa shape index (κ1) is 14.1. The molecule has 0 aliphatic heterocycles. The number of hydrogen-bond donors (Lipinski definition) is 2. The number of aromatic nitrogens is 1. The van der Waals surface area contributed by atoms with Crippen LogP contribution in [0.4, 0.5) is 5.69 Å². The predicted octanol–water partition coefficient (Wildman–Crippen LogP) is 2.21. The Kier molecular flexibility index (Phi) is 4.42. The van der Waals surface area contributed by atoms with Gasteiger partial charge in [0.15, 0.2) is 0 Å². The molecule has 0 saturated carbocycles. The molecule has 0 atom stereocenters. The molecule has 0 aliphatic rings. The van der Waals surface area contributed by atoms with E-state index in [1.807, 2.05) is 37.3 Å². The summed E-state index contributed by atoms with van der Waals surface area (Å²) in [7, 11) is 0. The molecule has 0 unspecified atom stereocenters. The van der Waals surface area contributed by atoms with E-state index in [1.54, 1.807) is 12.3 Å². The molecule has 1 aromatic carbocycles. The molecule has 0 fully saturated rings. The van der Waals surface area contributed by atoms with Crippen LogP contribution < -0.4 is 11.1 Å². The third-order valence-electron chi connectivity index (χ3n) is 2.78. The standard InChI is InChI=1S/C15H15N3OS/c1-10-8-13(6-7-17-10)18-14(19)9-11-2-4-12(5-3-11)15(16)20/h2-8H,9H2,1H3,(H2,16,20)(H,17,18,19). The van der Waals surface area contributed by atoms with Gasteiger partial charge in [0, 0.05) is 23.1 Å². The summed E-state index contributed by atoms with van der Waals surface area (Å²) in [5, 5.41) is 2.84. The fourth-order valence-electron chi connectivity index (χ4n) is 1.80. The van der Waals surface area contributed by atoms with Crippen LogP contribution in [0.15, 0.2) is 42.6 Å². The monoisotopic (exact) mass is 285 g/mol. The highest BCUT2D eigenvalue weighted by Gasteiger charge is 2.05. The third-order valence-corrected chi connectivity index (χ3v) is 3.02. The van der Waals surface area contributed by atoms with E-state index in [2.05, 4.69) is 10.3 Å². The van der Waals surface area contributed by atoms with Gasteiger partial charge in [-0.25, -0.2) is 0 Å². The molecule has 0 saturated heterocycles. The molecule has 20 heavy (non-hydrogen) atoms. The Morgan fingerprint density at radius 2 is 2.00 bits per heavy atom. The van der Waals surface area contributed by atoms with Crippen molar-refractivity contribution in [3.05, 3.63) is 59.4 Å². The Morgan fingerprint density at radius 1 is 1.30 bits per heavy atom. The van der Waals surface area contributed by atoms with Crippen molar-refractivity contribution in [1.29, 1.82) is 0 Å². The maximum absolute atomic E-state index is 11.9. The normalized spacial score (nSPS) is 10.1. The van der Waals surface area contributed by atoms with E-state index in [-0.39, 0.29) is 5.91 Å². The quantitative estimate of drug-likeness (QED) is 0.845. The fraction of sp³-hybridized carbons (Fsp3) is 0.133. The van der Waals surface area contributed by atoms with Crippen LogP contribution in [0.1, 0.15) is 16.8 Å². The molecule has 1 heterocycles. The molecule has 0 spiro atoms. The average Bonchev–Trinajstić information content (AvgIpc) is 2.39. The summed E-state index contributed by atoms with van der Waals surface area (Å²) in [5.74, 6) is -0.0707. The highest BCUT2D eigenvalue weighted by molar-refractivity contribution is 7.80. The number of rotatable bonds is 4. The summed E-state index contributed by atoms with van der Waals surface area (Å²) in [5.41, 5.74) is 8.85. The summed E-state index contributed by atoms with van der Waals surface area (Å²) in [6, 6.07) is 10.9. The van der Waals surface area contributed by atoms with Crippen LogP contribution in [-0.2, 0) is 11.2 Å². The van der Waals surface area contributed by atoms with Gasteiger partial charge < -0.3 is 11.1 Å². The minimum absolute atomic E-state index is 0.0707. The smallest absolute Gasteiger partial charge is 0.228 e. The molecule has 2 rings (SSSR count). The van der Waals surface area contributed by atoms with Gasteiger partial charge >= 0.3 is 0 Å². The maximum Gasteiger partial charge on any atom is 0.228 e. The van der Waals surface area contributed by atoms with E-state index in [9.17, 15) is 4.79 Å². The average molecular weight is 285 g/mol. The van der Waals surface area contributed by atoms with Gasteiger partial charge in [0.25, 0.3) is 0 Å². The molecule has 102 valence electrons. The minimum Gasteiger partial charge on any atom is -0.389 e. The zero-order chi connectivity index (χ0) is 14.5. The van der Waals surface area contributed by atoms with Crippen molar-refractivity contribution in [3.63, 3.8) is 0 Å². The van der Waals surface area contributed by atoms with Gasteiger partial charge in [0.2, 0.25) is 5.91 Å². The molecule has 1 amide bonds. The van der Waals surface area contributed by atoms with Crippen LogP contribution in [0.5, 0.6) is 0 Å². The number of benzene rings is 1. The number of nitrogens with one attached hydrogen (secondary N) is 1. The van der Waals surface area contributed by atoms with E-state index in [0.717, 1.165) is 22.5 Å². The second-order valence-corrected chi connectivity index (χ2v) is 4.91. The Balaban J connectivity index is 1.99. The van der Waals surface area contributed by atoms with Crippen LogP contribution in [0, 0.1) is 6.92 Å². The molecule has 4 nitrogen and oxygen atoms in total. The highest BCUT2D eigenvalue weighted by Crippen LogP contribution is 2.09. The molecule has 2 aromatic rings. The van der Waals surface area contributed by atoms with Crippen LogP contribution in [-0.4, -0.2) is 15.9 Å². The van der Waals surface area contributed by atoms with Gasteiger partial charge in [-0.05, 0) is 24.6 Å². The number of carbonyl (C=O) groups excluding carboxylic acids is 1. The van der Waals surface area contributed by atoms with Crippen molar-refractivity contribution >= 4 is 28.8 Å². The lowest BCUT2D eigenvalue weighted by Crippen LogP contribution is -2.15. The van der Waals surface area contributed by atoms with Gasteiger partial charge in [-0.3, -0.25) is 9.78 Å². The number of hydrogen-bond acceptors (Lipinski definition) is 3. The number of aryl methyl sites for hydroxylation is 1. The predicted molar refractivity (Wildman–Crippen MR) is 83.6 cm³/mol. The zero-order valence-corrected chi connectivity index (χ0v) is 11.9. The SMILES string of the molecule is Cc1cc(NC(=O)Cc2ccc(C(N)=S)cc2)ccn1. The molecule has 3 N–H and O–H groups in total. The van der Waals surface area contributed by atoms with Gasteiger partial charge in [0.05, 0.1) is 6.42 Å². The van der Waals surface area contributed by atoms with E-state index >= 15 is 0 Å². The van der Waals surface area contributed by atoms with Crippen molar-refractivity contribution in [2.45, 2.75) is 13.3 Å². The van der Waals surface area contributed by atoms with Crippen molar-refractivity contribution in [2.75, 3.05) is 5.32 Å². The molecule has 0 bridgehead atoms. The molecular formula is C15H15N3OS. The summed E-state index contributed by atoms with van der Waals surface area (Å²) < 4.78 is 0. The number of carbonyl (C=O) groups is 1. The molecule has 5 heteroatoms. The van der Waals surface area contributed by atoms with Gasteiger partial charge in [-0.1, -0.05) is 36.5 Å². The second kappa shape index (κ2) is 6.25. The molecule has 0 radical (unpaired) electrons. The van der Waals surface area contributed by atoms with Crippen molar-refractivity contribution < 1.29 is 4.79 Å². The number of anilines is 1. The topological polar surface area (TPSA) is 68.0 Å². The summed E-state index contributed by atoms with van der Waals surface area (Å²) in [6.07, 6.45) is 1.97. The van der Waals surface area contributed by atoms with Crippen LogP contribution in [0.25, 0.3) is 0 Å². The van der Waals surface area contributed by atoms with Gasteiger partial charge in [-0.15, -0.1) is 0 Å². The summed E-state index contributed by atoms with van der Waals surface area (Å²) in [6.45, 7) is 1.88. The summed E-state index contributed by atoms with van der Waals surface area (Å²) >= 11 is 4.88. The number of nitrogens with two attached hydrogens (primary N) is 1. The van der Waals surface area contributed by atoms with Crippen molar-refractivity contribution in [3.8, 4) is 0 Å². The van der Waals surface area contributed by atoms with E-state index in [0.29, 0.717) is 11.4 Å². The number of amides is 1. The van der Waals surface area contributed by atoms with E-state index in [1.165, 1.54) is 0 Å². The van der Waals surface area contributed by atoms with Crippen LogP contribution in [0.3, 0.4) is 0 Å². The fourth-order valence-corrected chi connectivity index (χ4v) is 1.94. The lowest BCUT2D eigenvalue weighted by atomic mass is 10.1. The van der Waals surface area contributed by atoms with Gasteiger partial charge in [0.1, 0.15) is 4.99 Å². The Labute approximate surface area is 123 Å². The number of pyridine rings is 1. The Morgan fingerprint density at radius 3 is 2.60 bits per heavy atom. The largest absolute Gasteiger partial charge is 0.389 e. The second-order valence-electron chi connectivity index (χ2n) is 4.47. The summed E-state index contributed by atoms with van der Waals surface area (Å²) in [4.78, 5) is 16.4. The molecule has 1 aromatic heterocycles. The third kappa shape index (κ3) is 3.86. The first-order valence-corrected chi connectivity index (χ1v) is 6.56. The molecular weight excluding hydrogens is 270 g/mol. The van der Waals surface area contributed by atoms with Crippen LogP contribution in [0.2, 0.25) is 0 Å². The first-order chi connectivity index (χ1) is 9.54. The lowest BCUT2D eigenvalue weighted by Gasteiger charge is -2.06. The Hall–Kier alpha value is -2.27. The first-order valence-electron chi connectivity index (χ1n) is 6.16. The number of nitrogens with zero attached hydrogens (tertiary/aromatic N) is 1. The van der Waals surface area contributed by atoms with E-state index in [4.69, 9.17) is 18.0 Å². The maximum atomic E-state index is 11.9.